The van der Waals surface area contributed by atoms with E-state index in [4.69, 9.17) is 21.4 Å². The number of ether oxygens (including phenoxy) is 1. The van der Waals surface area contributed by atoms with Gasteiger partial charge in [0.25, 0.3) is 0 Å². The van der Waals surface area contributed by atoms with Crippen LogP contribution in [0, 0.1) is 0 Å². The third-order valence-electron chi connectivity index (χ3n) is 4.85. The number of pyridine rings is 1. The Balaban J connectivity index is 1.91. The fourth-order valence-corrected chi connectivity index (χ4v) is 3.54. The summed E-state index contributed by atoms with van der Waals surface area (Å²) >= 11 is 6.26. The first-order valence-electron chi connectivity index (χ1n) is 9.47. The lowest BCUT2D eigenvalue weighted by Crippen LogP contribution is -2.27. The highest BCUT2D eigenvalue weighted by molar-refractivity contribution is 6.32. The second kappa shape index (κ2) is 9.90. The second-order valence-corrected chi connectivity index (χ2v) is 7.19. The van der Waals surface area contributed by atoms with E-state index >= 15 is 0 Å². The number of aryl methyl sites for hydroxylation is 1. The Labute approximate surface area is 178 Å². The van der Waals surface area contributed by atoms with Gasteiger partial charge in [0.1, 0.15) is 18.0 Å². The summed E-state index contributed by atoms with van der Waals surface area (Å²) in [6.07, 6.45) is 5.04. The van der Waals surface area contributed by atoms with Crippen LogP contribution in [0.5, 0.6) is 5.75 Å². The van der Waals surface area contributed by atoms with Crippen molar-refractivity contribution < 1.29 is 24.9 Å². The summed E-state index contributed by atoms with van der Waals surface area (Å²) in [5.41, 5.74) is 4.32. The standard InChI is InChI=1S/C21H24ClN3O5/c1-30-19-5-15(11-27)16(7-17(19)22)18-9-25-8-13(3-2-4-23-21(29)12-28)14(10-26)6-20(25)24-18/h5-9,26-28H,2-4,10-12H2,1H3,(H,23,29). The number of benzene rings is 1. The molecule has 0 aliphatic carbocycles. The number of aliphatic hydroxyl groups excluding tert-OH is 3. The maximum atomic E-state index is 11.1. The number of carbonyl (C=O) groups is 1. The molecule has 0 aliphatic heterocycles. The van der Waals surface area contributed by atoms with E-state index in [-0.39, 0.29) is 13.2 Å². The molecule has 0 fully saturated rings. The number of hydrogen-bond acceptors (Lipinski definition) is 6. The van der Waals surface area contributed by atoms with Gasteiger partial charge in [-0.3, -0.25) is 4.79 Å². The normalized spacial score (nSPS) is 11.1. The molecule has 0 atom stereocenters. The summed E-state index contributed by atoms with van der Waals surface area (Å²) in [5.74, 6) is 0.0660. The zero-order chi connectivity index (χ0) is 21.7. The molecule has 0 saturated carbocycles. The Hall–Kier alpha value is -2.65. The van der Waals surface area contributed by atoms with Crippen LogP contribution in [0.1, 0.15) is 23.1 Å². The van der Waals surface area contributed by atoms with E-state index in [1.165, 1.54) is 7.11 Å². The number of hydrogen-bond donors (Lipinski definition) is 4. The third kappa shape index (κ3) is 4.73. The van der Waals surface area contributed by atoms with Crippen LogP contribution < -0.4 is 10.1 Å². The minimum absolute atomic E-state index is 0.132. The molecule has 30 heavy (non-hydrogen) atoms. The van der Waals surface area contributed by atoms with E-state index in [0.717, 1.165) is 11.1 Å². The molecule has 0 aliphatic rings. The van der Waals surface area contributed by atoms with Crippen LogP contribution in [0.4, 0.5) is 0 Å². The van der Waals surface area contributed by atoms with Gasteiger partial charge < -0.3 is 29.8 Å². The monoisotopic (exact) mass is 433 g/mol. The SMILES string of the molecule is COc1cc(CO)c(-c2cn3cc(CCCNC(=O)CO)c(CO)cc3n2)cc1Cl. The van der Waals surface area contributed by atoms with E-state index in [9.17, 15) is 15.0 Å². The molecule has 9 heteroatoms. The van der Waals surface area contributed by atoms with Gasteiger partial charge in [-0.15, -0.1) is 0 Å². The largest absolute Gasteiger partial charge is 0.495 e. The second-order valence-electron chi connectivity index (χ2n) is 6.79. The predicted molar refractivity (Wildman–Crippen MR) is 112 cm³/mol. The molecule has 8 nitrogen and oxygen atoms in total. The summed E-state index contributed by atoms with van der Waals surface area (Å²) in [7, 11) is 1.51. The maximum Gasteiger partial charge on any atom is 0.245 e. The van der Waals surface area contributed by atoms with Gasteiger partial charge in [-0.25, -0.2) is 4.98 Å². The molecule has 0 unspecified atom stereocenters. The van der Waals surface area contributed by atoms with Crippen LogP contribution in [0.15, 0.2) is 30.6 Å². The fourth-order valence-electron chi connectivity index (χ4n) is 3.30. The molecule has 0 spiro atoms. The molecule has 0 radical (unpaired) electrons. The quantitative estimate of drug-likeness (QED) is 0.381. The lowest BCUT2D eigenvalue weighted by atomic mass is 10.1. The average molecular weight is 434 g/mol. The number of aromatic nitrogens is 2. The van der Waals surface area contributed by atoms with Crippen LogP contribution in [-0.2, 0) is 24.4 Å². The molecular formula is C21H24ClN3O5. The summed E-state index contributed by atoms with van der Waals surface area (Å²) in [6.45, 7) is -0.421. The van der Waals surface area contributed by atoms with Crippen LogP contribution in [0.3, 0.4) is 0 Å². The van der Waals surface area contributed by atoms with Gasteiger partial charge in [0.2, 0.25) is 5.91 Å². The van der Waals surface area contributed by atoms with E-state index < -0.39 is 12.5 Å². The molecular weight excluding hydrogens is 410 g/mol. The van der Waals surface area contributed by atoms with Crippen molar-refractivity contribution in [2.75, 3.05) is 20.3 Å². The molecule has 1 aromatic carbocycles. The van der Waals surface area contributed by atoms with Crippen molar-refractivity contribution in [1.29, 1.82) is 0 Å². The minimum atomic E-state index is -0.531. The number of amides is 1. The van der Waals surface area contributed by atoms with Crippen LogP contribution >= 0.6 is 11.6 Å². The maximum absolute atomic E-state index is 11.1. The van der Waals surface area contributed by atoms with Crippen LogP contribution in [0.25, 0.3) is 16.9 Å². The molecule has 0 bridgehead atoms. The topological polar surface area (TPSA) is 116 Å². The van der Waals surface area contributed by atoms with E-state index in [1.54, 1.807) is 12.1 Å². The third-order valence-corrected chi connectivity index (χ3v) is 5.15. The molecule has 1 amide bonds. The lowest BCUT2D eigenvalue weighted by Gasteiger charge is -2.09. The van der Waals surface area contributed by atoms with Crippen molar-refractivity contribution >= 4 is 23.2 Å². The minimum Gasteiger partial charge on any atom is -0.495 e. The first kappa shape index (κ1) is 22.0. The van der Waals surface area contributed by atoms with Crippen molar-refractivity contribution in [2.24, 2.45) is 0 Å². The summed E-state index contributed by atoms with van der Waals surface area (Å²) in [4.78, 5) is 15.8. The molecule has 4 N–H and O–H groups in total. The smallest absolute Gasteiger partial charge is 0.245 e. The predicted octanol–water partition coefficient (Wildman–Crippen LogP) is 1.69. The summed E-state index contributed by atoms with van der Waals surface area (Å²) < 4.78 is 7.07. The average Bonchev–Trinajstić information content (AvgIpc) is 3.18. The first-order chi connectivity index (χ1) is 14.5. The first-order valence-corrected chi connectivity index (χ1v) is 9.85. The molecule has 0 saturated heterocycles. The van der Waals surface area contributed by atoms with Crippen molar-refractivity contribution in [1.82, 2.24) is 14.7 Å². The number of fused-ring (bicyclic) bond motifs is 1. The van der Waals surface area contributed by atoms with Gasteiger partial charge in [-0.2, -0.15) is 0 Å². The van der Waals surface area contributed by atoms with Crippen LogP contribution in [0.2, 0.25) is 5.02 Å². The fraction of sp³-hybridized carbons (Fsp3) is 0.333. The van der Waals surface area contributed by atoms with Gasteiger partial charge in [0.15, 0.2) is 0 Å². The molecule has 160 valence electrons. The number of nitrogens with zero attached hydrogens (tertiary/aromatic N) is 2. The van der Waals surface area contributed by atoms with Crippen molar-refractivity contribution in [3.8, 4) is 17.0 Å². The number of methoxy groups -OCH3 is 1. The Bertz CT molecular complexity index is 1050. The Morgan fingerprint density at radius 2 is 1.90 bits per heavy atom. The van der Waals surface area contributed by atoms with Crippen LogP contribution in [-0.4, -0.2) is 50.9 Å². The Morgan fingerprint density at radius 1 is 1.13 bits per heavy atom. The highest BCUT2D eigenvalue weighted by Gasteiger charge is 2.15. The van der Waals surface area contributed by atoms with Crippen molar-refractivity contribution in [3.05, 3.63) is 52.3 Å². The molecule has 2 aromatic heterocycles. The van der Waals surface area contributed by atoms with Crippen molar-refractivity contribution in [2.45, 2.75) is 26.1 Å². The van der Waals surface area contributed by atoms with Gasteiger partial charge >= 0.3 is 0 Å². The number of halogens is 1. The lowest BCUT2D eigenvalue weighted by molar-refractivity contribution is -0.123. The number of imidazole rings is 1. The number of carbonyl (C=O) groups excluding carboxylic acids is 1. The van der Waals surface area contributed by atoms with E-state index in [1.807, 2.05) is 22.9 Å². The Morgan fingerprint density at radius 3 is 2.57 bits per heavy atom. The summed E-state index contributed by atoms with van der Waals surface area (Å²) in [6, 6.07) is 5.22. The molecule has 3 rings (SSSR count). The molecule has 3 aromatic rings. The highest BCUT2D eigenvalue weighted by atomic mass is 35.5. The van der Waals surface area contributed by atoms with Gasteiger partial charge in [0.05, 0.1) is 31.0 Å². The zero-order valence-electron chi connectivity index (χ0n) is 16.6. The van der Waals surface area contributed by atoms with E-state index in [2.05, 4.69) is 10.3 Å². The number of aliphatic hydroxyl groups is 3. The van der Waals surface area contributed by atoms with Gasteiger partial charge in [0, 0.05) is 24.5 Å². The Kier molecular flexibility index (Phi) is 7.28. The number of nitrogens with one attached hydrogen (secondary N) is 1. The van der Waals surface area contributed by atoms with Crippen molar-refractivity contribution in [3.63, 3.8) is 0 Å². The summed E-state index contributed by atoms with van der Waals surface area (Å²) in [5, 5.41) is 31.3. The van der Waals surface area contributed by atoms with Gasteiger partial charge in [-0.05, 0) is 47.7 Å². The highest BCUT2D eigenvalue weighted by Crippen LogP contribution is 2.34. The van der Waals surface area contributed by atoms with Gasteiger partial charge in [-0.1, -0.05) is 11.6 Å². The van der Waals surface area contributed by atoms with E-state index in [0.29, 0.717) is 52.6 Å². The number of rotatable bonds is 9. The zero-order valence-corrected chi connectivity index (χ0v) is 17.3. The molecule has 2 heterocycles.